The molecule has 1 unspecified atom stereocenters. The number of fused-ring (bicyclic) bond motifs is 1. The topological polar surface area (TPSA) is 92.6 Å². The molecule has 0 amide bonds. The van der Waals surface area contributed by atoms with Crippen LogP contribution in [0.15, 0.2) is 69.1 Å². The molecule has 4 rings (SSSR count). The summed E-state index contributed by atoms with van der Waals surface area (Å²) in [7, 11) is -3.99. The van der Waals surface area contributed by atoms with E-state index in [0.29, 0.717) is 5.95 Å². The van der Waals surface area contributed by atoms with Crippen LogP contribution < -0.4 is 4.90 Å². The molecule has 1 aromatic heterocycles. The molecular formula is C23H24BrN3O4S2. The molecule has 2 heterocycles. The van der Waals surface area contributed by atoms with Crippen molar-refractivity contribution in [3.63, 3.8) is 0 Å². The molecule has 7 nitrogen and oxygen atoms in total. The zero-order chi connectivity index (χ0) is 23.6. The summed E-state index contributed by atoms with van der Waals surface area (Å²) in [5, 5.41) is 10.5. The van der Waals surface area contributed by atoms with Crippen LogP contribution in [0.2, 0.25) is 0 Å². The van der Waals surface area contributed by atoms with E-state index in [1.54, 1.807) is 36.3 Å². The summed E-state index contributed by atoms with van der Waals surface area (Å²) in [6, 6.07) is 12.4. The van der Waals surface area contributed by atoms with Gasteiger partial charge in [-0.3, -0.25) is 4.18 Å². The molecule has 10 heteroatoms. The summed E-state index contributed by atoms with van der Waals surface area (Å²) in [5.41, 5.74) is 1.63. The maximum Gasteiger partial charge on any atom is 0.297 e. The van der Waals surface area contributed by atoms with Gasteiger partial charge in [-0.25, -0.2) is 9.97 Å². The molecule has 1 aliphatic rings. The fourth-order valence-corrected chi connectivity index (χ4v) is 5.69. The number of aromatic nitrogens is 2. The Morgan fingerprint density at radius 3 is 2.52 bits per heavy atom. The maximum absolute atomic E-state index is 12.8. The molecule has 0 aliphatic carbocycles. The van der Waals surface area contributed by atoms with E-state index in [-0.39, 0.29) is 24.7 Å². The third-order valence-electron chi connectivity index (χ3n) is 5.55. The minimum absolute atomic E-state index is 0.0854. The van der Waals surface area contributed by atoms with E-state index in [9.17, 15) is 13.5 Å². The summed E-state index contributed by atoms with van der Waals surface area (Å²) in [4.78, 5) is 11.9. The van der Waals surface area contributed by atoms with Crippen molar-refractivity contribution in [3.05, 3.63) is 70.5 Å². The van der Waals surface area contributed by atoms with Crippen LogP contribution in [0.3, 0.4) is 0 Å². The van der Waals surface area contributed by atoms with Gasteiger partial charge in [0.2, 0.25) is 5.95 Å². The molecule has 0 fully saturated rings. The molecular weight excluding hydrogens is 526 g/mol. The smallest absolute Gasteiger partial charge is 0.297 e. The molecule has 1 N–H and O–H groups in total. The number of hydrogen-bond donors (Lipinski definition) is 1. The van der Waals surface area contributed by atoms with Crippen molar-refractivity contribution in [2.45, 2.75) is 29.1 Å². The average Bonchev–Trinajstić information content (AvgIpc) is 3.13. The van der Waals surface area contributed by atoms with Gasteiger partial charge in [0.25, 0.3) is 10.1 Å². The number of aryl methyl sites for hydroxylation is 1. The van der Waals surface area contributed by atoms with Gasteiger partial charge in [-0.15, -0.1) is 11.8 Å². The molecule has 0 spiro atoms. The largest absolute Gasteiger partial charge is 0.395 e. The fourth-order valence-electron chi connectivity index (χ4n) is 3.80. The predicted octanol–water partition coefficient (Wildman–Crippen LogP) is 4.45. The van der Waals surface area contributed by atoms with Crippen LogP contribution in [0, 0.1) is 6.92 Å². The highest BCUT2D eigenvalue weighted by molar-refractivity contribution is 9.10. The van der Waals surface area contributed by atoms with Crippen molar-refractivity contribution in [2.75, 3.05) is 30.4 Å². The third-order valence-corrected chi connectivity index (χ3v) is 8.12. The summed E-state index contributed by atoms with van der Waals surface area (Å²) in [6.45, 7) is 3.74. The Bertz CT molecular complexity index is 1240. The molecule has 33 heavy (non-hydrogen) atoms. The first-order valence-electron chi connectivity index (χ1n) is 10.4. The Morgan fingerprint density at radius 1 is 1.18 bits per heavy atom. The molecule has 0 saturated carbocycles. The van der Waals surface area contributed by atoms with E-state index in [4.69, 9.17) is 4.18 Å². The van der Waals surface area contributed by atoms with Crippen LogP contribution in [0.25, 0.3) is 0 Å². The lowest BCUT2D eigenvalue weighted by molar-refractivity contribution is 0.143. The van der Waals surface area contributed by atoms with Crippen molar-refractivity contribution in [1.82, 2.24) is 9.97 Å². The van der Waals surface area contributed by atoms with Crippen LogP contribution in [0.1, 0.15) is 18.1 Å². The number of thioether (sulfide) groups is 1. The molecule has 0 bridgehead atoms. The second kappa shape index (κ2) is 9.71. The minimum Gasteiger partial charge on any atom is -0.395 e. The Balaban J connectivity index is 1.70. The van der Waals surface area contributed by atoms with Crippen LogP contribution >= 0.6 is 27.7 Å². The lowest BCUT2D eigenvalue weighted by Crippen LogP contribution is -2.40. The SMILES string of the molecule is CCSc1ccc2c(c1)N(c1ncc(Br)cn1)CC2(CO)COS(=O)(=O)c1ccc(C)cc1. The minimum atomic E-state index is -3.99. The van der Waals surface area contributed by atoms with Gasteiger partial charge in [-0.1, -0.05) is 30.7 Å². The molecule has 0 radical (unpaired) electrons. The number of hydrogen-bond acceptors (Lipinski definition) is 8. The van der Waals surface area contributed by atoms with Crippen molar-refractivity contribution >= 4 is 49.4 Å². The second-order valence-corrected chi connectivity index (χ2v) is 11.7. The van der Waals surface area contributed by atoms with Crippen molar-refractivity contribution in [3.8, 4) is 0 Å². The van der Waals surface area contributed by atoms with Gasteiger partial charge in [0.15, 0.2) is 0 Å². The van der Waals surface area contributed by atoms with Crippen molar-refractivity contribution in [1.29, 1.82) is 0 Å². The zero-order valence-electron chi connectivity index (χ0n) is 18.2. The monoisotopic (exact) mass is 549 g/mol. The Labute approximate surface area is 206 Å². The van der Waals surface area contributed by atoms with E-state index in [1.807, 2.05) is 30.0 Å². The van der Waals surface area contributed by atoms with Crippen molar-refractivity contribution < 1.29 is 17.7 Å². The molecule has 1 atom stereocenters. The number of aliphatic hydroxyl groups is 1. The summed E-state index contributed by atoms with van der Waals surface area (Å²) >= 11 is 5.05. The van der Waals surface area contributed by atoms with Gasteiger partial charge in [-0.2, -0.15) is 8.42 Å². The quantitative estimate of drug-likeness (QED) is 0.325. The van der Waals surface area contributed by atoms with E-state index >= 15 is 0 Å². The predicted molar refractivity (Wildman–Crippen MR) is 133 cm³/mol. The summed E-state index contributed by atoms with van der Waals surface area (Å²) in [5.74, 6) is 1.38. The van der Waals surface area contributed by atoms with E-state index in [1.165, 1.54) is 12.1 Å². The average molecular weight is 551 g/mol. The number of benzene rings is 2. The Kier molecular flexibility index (Phi) is 7.11. The van der Waals surface area contributed by atoms with E-state index in [0.717, 1.165) is 31.9 Å². The van der Waals surface area contributed by atoms with Crippen molar-refractivity contribution in [2.24, 2.45) is 0 Å². The first kappa shape index (κ1) is 24.2. The number of anilines is 2. The molecule has 1 aliphatic heterocycles. The lowest BCUT2D eigenvalue weighted by atomic mass is 9.84. The third kappa shape index (κ3) is 4.95. The highest BCUT2D eigenvalue weighted by Crippen LogP contribution is 2.45. The number of rotatable bonds is 8. The van der Waals surface area contributed by atoms with Crippen LogP contribution in [-0.2, 0) is 19.7 Å². The standard InChI is InChI=1S/C23H24BrN3O4S2/c1-3-32-18-6-9-20-21(10-18)27(22-25-11-17(24)12-26-22)13-23(20,14-28)15-31-33(29,30)19-7-4-16(2)5-8-19/h4-12,28H,3,13-15H2,1-2H3. The summed E-state index contributed by atoms with van der Waals surface area (Å²) < 4.78 is 32.0. The van der Waals surface area contributed by atoms with Gasteiger partial charge >= 0.3 is 0 Å². The first-order chi connectivity index (χ1) is 15.8. The molecule has 2 aromatic carbocycles. The molecule has 3 aromatic rings. The summed E-state index contributed by atoms with van der Waals surface area (Å²) in [6.07, 6.45) is 3.31. The lowest BCUT2D eigenvalue weighted by Gasteiger charge is -2.27. The number of aliphatic hydroxyl groups excluding tert-OH is 1. The maximum atomic E-state index is 12.8. The van der Waals surface area contributed by atoms with E-state index in [2.05, 4.69) is 32.8 Å². The molecule has 0 saturated heterocycles. The van der Waals surface area contributed by atoms with Gasteiger partial charge < -0.3 is 10.0 Å². The number of halogens is 1. The Morgan fingerprint density at radius 2 is 1.88 bits per heavy atom. The zero-order valence-corrected chi connectivity index (χ0v) is 21.5. The van der Waals surface area contributed by atoms with Crippen LogP contribution in [0.4, 0.5) is 11.6 Å². The first-order valence-corrected chi connectivity index (χ1v) is 13.6. The van der Waals surface area contributed by atoms with Crippen LogP contribution in [-0.4, -0.2) is 49.0 Å². The Hall–Kier alpha value is -1.98. The van der Waals surface area contributed by atoms with E-state index < -0.39 is 15.5 Å². The van der Waals surface area contributed by atoms with Gasteiger partial charge in [0.1, 0.15) is 0 Å². The number of nitrogens with zero attached hydrogens (tertiary/aromatic N) is 3. The van der Waals surface area contributed by atoms with Crippen LogP contribution in [0.5, 0.6) is 0 Å². The fraction of sp³-hybridized carbons (Fsp3) is 0.304. The van der Waals surface area contributed by atoms with Gasteiger partial charge in [0.05, 0.1) is 28.0 Å². The van der Waals surface area contributed by atoms with Gasteiger partial charge in [0, 0.05) is 29.5 Å². The second-order valence-electron chi connectivity index (χ2n) is 7.87. The molecule has 174 valence electrons. The highest BCUT2D eigenvalue weighted by atomic mass is 79.9. The highest BCUT2D eigenvalue weighted by Gasteiger charge is 2.45. The normalized spacial score (nSPS) is 17.9. The van der Waals surface area contributed by atoms with Gasteiger partial charge in [-0.05, 0) is 58.4 Å².